The van der Waals surface area contributed by atoms with Crippen LogP contribution in [0.2, 0.25) is 6.55 Å². The van der Waals surface area contributed by atoms with Crippen LogP contribution in [0.25, 0.3) is 0 Å². The van der Waals surface area contributed by atoms with Gasteiger partial charge in [0.2, 0.25) is 0 Å². The van der Waals surface area contributed by atoms with E-state index in [1.165, 1.54) is 5.69 Å². The number of hydrogen-bond donors (Lipinski definition) is 2. The fraction of sp³-hybridized carbons (Fsp3) is 0.143. The third kappa shape index (κ3) is 2.09. The van der Waals surface area contributed by atoms with Crippen LogP contribution >= 0.6 is 0 Å². The maximum absolute atomic E-state index is 3.66. The third-order valence-corrected chi connectivity index (χ3v) is 11.6. The maximum Gasteiger partial charge on any atom is 0.199 e. The standard InChI is InChI=1S/C7H15N3Si3/c1-13-9-11-8-12-10(13)7-5-3-2-4-6-7/h2-6,8-9,13H,11-12H2,1H3. The second kappa shape index (κ2) is 4.20. The molecule has 0 amide bonds. The smallest absolute Gasteiger partial charge is 0.199 e. The van der Waals surface area contributed by atoms with Crippen molar-refractivity contribution >= 4 is 34.5 Å². The van der Waals surface area contributed by atoms with Crippen molar-refractivity contribution in [2.24, 2.45) is 0 Å². The van der Waals surface area contributed by atoms with Crippen LogP contribution in [0.5, 0.6) is 0 Å². The molecule has 6 heteroatoms. The lowest BCUT2D eigenvalue weighted by atomic mass is 10.3. The summed E-state index contributed by atoms with van der Waals surface area (Å²) in [6, 6.07) is 10.8. The average molecular weight is 225 g/mol. The summed E-state index contributed by atoms with van der Waals surface area (Å²) in [5, 5.41) is 0. The fourth-order valence-corrected chi connectivity index (χ4v) is 11.4. The van der Waals surface area contributed by atoms with Crippen LogP contribution in [-0.2, 0) is 0 Å². The lowest BCUT2D eigenvalue weighted by Gasteiger charge is -2.35. The fourth-order valence-electron chi connectivity index (χ4n) is 1.58. The molecule has 1 aliphatic rings. The second-order valence-corrected chi connectivity index (χ2v) is 11.0. The molecular weight excluding hydrogens is 210 g/mol. The molecule has 2 rings (SSSR count). The Bertz CT molecular complexity index is 269. The first-order valence-corrected chi connectivity index (χ1v) is 9.64. The van der Waals surface area contributed by atoms with E-state index in [0.717, 1.165) is 0 Å². The van der Waals surface area contributed by atoms with E-state index >= 15 is 0 Å². The predicted octanol–water partition coefficient (Wildman–Crippen LogP) is -1.47. The molecule has 1 fully saturated rings. The zero-order chi connectivity index (χ0) is 9.10. The van der Waals surface area contributed by atoms with Gasteiger partial charge < -0.3 is 13.5 Å². The molecule has 1 aliphatic heterocycles. The van der Waals surface area contributed by atoms with E-state index in [1.807, 2.05) is 0 Å². The van der Waals surface area contributed by atoms with Crippen molar-refractivity contribution in [3.05, 3.63) is 30.3 Å². The molecule has 0 spiro atoms. The van der Waals surface area contributed by atoms with E-state index < -0.39 is 9.12 Å². The minimum Gasteiger partial charge on any atom is -0.409 e. The first-order chi connectivity index (χ1) is 6.38. The minimum absolute atomic E-state index is 0.0939. The van der Waals surface area contributed by atoms with E-state index in [-0.39, 0.29) is 19.7 Å². The molecule has 1 aromatic carbocycles. The highest BCUT2D eigenvalue weighted by molar-refractivity contribution is 6.82. The van der Waals surface area contributed by atoms with Gasteiger partial charge >= 0.3 is 0 Å². The van der Waals surface area contributed by atoms with Crippen molar-refractivity contribution in [1.29, 1.82) is 0 Å². The summed E-state index contributed by atoms with van der Waals surface area (Å²) < 4.78 is 9.86. The Kier molecular flexibility index (Phi) is 2.96. The number of anilines is 1. The molecule has 1 heterocycles. The highest BCUT2D eigenvalue weighted by Crippen LogP contribution is 2.12. The molecule has 13 heavy (non-hydrogen) atoms. The molecule has 1 aromatic rings. The molecular formula is C7H15N3Si3. The number of nitrogens with zero attached hydrogens (tertiary/aromatic N) is 1. The highest BCUT2D eigenvalue weighted by Gasteiger charge is 2.18. The first kappa shape index (κ1) is 9.16. The SMILES string of the molecule is C[SiH]1N[SiH2]N[SiH2]N1c1ccccc1. The van der Waals surface area contributed by atoms with Gasteiger partial charge in [-0.25, -0.2) is 0 Å². The van der Waals surface area contributed by atoms with Crippen molar-refractivity contribution in [2.45, 2.75) is 6.55 Å². The molecule has 70 valence electrons. The summed E-state index contributed by atoms with van der Waals surface area (Å²) in [4.78, 5) is 0. The lowest BCUT2D eigenvalue weighted by molar-refractivity contribution is 1.27. The Morgan fingerprint density at radius 2 is 2.08 bits per heavy atom. The summed E-state index contributed by atoms with van der Waals surface area (Å²) in [5.74, 6) is 0. The van der Waals surface area contributed by atoms with Crippen molar-refractivity contribution in [3.63, 3.8) is 0 Å². The second-order valence-electron chi connectivity index (χ2n) is 3.27. The normalized spacial score (nSPS) is 26.8. The molecule has 0 radical (unpaired) electrons. The van der Waals surface area contributed by atoms with E-state index in [9.17, 15) is 0 Å². The van der Waals surface area contributed by atoms with Gasteiger partial charge in [-0.3, -0.25) is 0 Å². The van der Waals surface area contributed by atoms with Gasteiger partial charge in [0, 0.05) is 5.69 Å². The molecule has 1 unspecified atom stereocenters. The quantitative estimate of drug-likeness (QED) is 0.572. The monoisotopic (exact) mass is 225 g/mol. The first-order valence-electron chi connectivity index (χ1n) is 4.64. The molecule has 0 aromatic heterocycles. The van der Waals surface area contributed by atoms with Gasteiger partial charge in [-0.1, -0.05) is 18.2 Å². The average Bonchev–Trinajstić information content (AvgIpc) is 2.20. The molecule has 0 bridgehead atoms. The summed E-state index contributed by atoms with van der Waals surface area (Å²) in [7, 11) is -1.06. The summed E-state index contributed by atoms with van der Waals surface area (Å²) in [6.45, 7) is 2.38. The van der Waals surface area contributed by atoms with Gasteiger partial charge in [0.1, 0.15) is 0 Å². The summed E-state index contributed by atoms with van der Waals surface area (Å²) >= 11 is 0. The van der Waals surface area contributed by atoms with Crippen molar-refractivity contribution in [1.82, 2.24) is 9.30 Å². The molecule has 3 nitrogen and oxygen atoms in total. The van der Waals surface area contributed by atoms with Crippen molar-refractivity contribution in [2.75, 3.05) is 4.23 Å². The van der Waals surface area contributed by atoms with Crippen molar-refractivity contribution < 1.29 is 0 Å². The van der Waals surface area contributed by atoms with Crippen LogP contribution < -0.4 is 13.5 Å². The Labute approximate surface area is 85.3 Å². The minimum atomic E-state index is -0.792. The van der Waals surface area contributed by atoms with Crippen LogP contribution in [0, 0.1) is 0 Å². The molecule has 1 atom stereocenters. The molecule has 2 N–H and O–H groups in total. The van der Waals surface area contributed by atoms with Gasteiger partial charge in [0.25, 0.3) is 0 Å². The molecule has 0 aliphatic carbocycles. The van der Waals surface area contributed by atoms with Gasteiger partial charge in [0.15, 0.2) is 28.8 Å². The number of hydrogen-bond acceptors (Lipinski definition) is 3. The molecule has 1 saturated heterocycles. The largest absolute Gasteiger partial charge is 0.409 e. The highest BCUT2D eigenvalue weighted by atomic mass is 28.4. The Hall–Kier alpha value is -0.409. The van der Waals surface area contributed by atoms with Crippen LogP contribution in [0.15, 0.2) is 30.3 Å². The summed E-state index contributed by atoms with van der Waals surface area (Å²) in [5.41, 5.74) is 1.40. The van der Waals surface area contributed by atoms with Gasteiger partial charge in [-0.2, -0.15) is 0 Å². The number of benzene rings is 1. The van der Waals surface area contributed by atoms with Crippen LogP contribution in [0.4, 0.5) is 5.69 Å². The third-order valence-electron chi connectivity index (χ3n) is 2.36. The zero-order valence-electron chi connectivity index (χ0n) is 7.83. The number of nitrogens with one attached hydrogen (secondary N) is 2. The number of rotatable bonds is 1. The topological polar surface area (TPSA) is 27.3 Å². The Morgan fingerprint density at radius 3 is 2.77 bits per heavy atom. The predicted molar refractivity (Wildman–Crippen MR) is 65.3 cm³/mol. The van der Waals surface area contributed by atoms with E-state index in [0.29, 0.717) is 0 Å². The Morgan fingerprint density at radius 1 is 1.31 bits per heavy atom. The Balaban J connectivity index is 2.15. The number of para-hydroxylation sites is 1. The van der Waals surface area contributed by atoms with E-state index in [1.54, 1.807) is 0 Å². The maximum atomic E-state index is 3.66. The van der Waals surface area contributed by atoms with Crippen LogP contribution in [-0.4, -0.2) is 28.8 Å². The van der Waals surface area contributed by atoms with Gasteiger partial charge in [-0.05, 0) is 18.7 Å². The van der Waals surface area contributed by atoms with Crippen molar-refractivity contribution in [3.8, 4) is 0 Å². The molecule has 0 saturated carbocycles. The van der Waals surface area contributed by atoms with E-state index in [4.69, 9.17) is 0 Å². The van der Waals surface area contributed by atoms with Crippen LogP contribution in [0.1, 0.15) is 0 Å². The summed E-state index contributed by atoms with van der Waals surface area (Å²) in [6.07, 6.45) is 0. The van der Waals surface area contributed by atoms with Crippen LogP contribution in [0.3, 0.4) is 0 Å². The zero-order valence-corrected chi connectivity index (χ0v) is 11.8. The lowest BCUT2D eigenvalue weighted by Crippen LogP contribution is -2.64. The van der Waals surface area contributed by atoms with E-state index in [2.05, 4.69) is 50.4 Å². The van der Waals surface area contributed by atoms with Gasteiger partial charge in [0.05, 0.1) is 0 Å². The van der Waals surface area contributed by atoms with Gasteiger partial charge in [-0.15, -0.1) is 0 Å².